The van der Waals surface area contributed by atoms with Crippen molar-refractivity contribution in [1.29, 1.82) is 0 Å². The molecule has 3 heterocycles. The van der Waals surface area contributed by atoms with E-state index in [1.165, 1.54) is 6.20 Å². The van der Waals surface area contributed by atoms with Gasteiger partial charge in [-0.2, -0.15) is 4.98 Å². The molecule has 9 nitrogen and oxygen atoms in total. The summed E-state index contributed by atoms with van der Waals surface area (Å²) < 4.78 is 0. The van der Waals surface area contributed by atoms with E-state index in [1.807, 2.05) is 44.2 Å². The number of hydrogen-bond donors (Lipinski definition) is 4. The van der Waals surface area contributed by atoms with E-state index in [0.717, 1.165) is 22.6 Å². The molecule has 2 amide bonds. The number of pyridine rings is 1. The molecular formula is C27H31N7O2. The standard InChI is InChI=1S/C27H31N7O2/c1-7-11-29-23(35)18-15-30-25(32-16-8-9-19-20(13-16)33-24(36)27(19,5)6)34-22(18)31-17-10-12-28-21(14-17)26(2,3)4/h7-10,12-15H,1,11H2,2-6H3,(H,29,35)(H,33,36)(H2,28,30,31,32,34). The van der Waals surface area contributed by atoms with Gasteiger partial charge in [-0.25, -0.2) is 4.98 Å². The number of benzene rings is 1. The molecule has 4 rings (SSSR count). The predicted molar refractivity (Wildman–Crippen MR) is 142 cm³/mol. The van der Waals surface area contributed by atoms with Crippen molar-refractivity contribution in [3.8, 4) is 0 Å². The second kappa shape index (κ2) is 9.41. The van der Waals surface area contributed by atoms with Crippen LogP contribution in [0.1, 0.15) is 56.2 Å². The summed E-state index contributed by atoms with van der Waals surface area (Å²) in [6.45, 7) is 14.0. The van der Waals surface area contributed by atoms with Gasteiger partial charge in [-0.05, 0) is 43.7 Å². The van der Waals surface area contributed by atoms with Crippen LogP contribution in [0.4, 0.5) is 28.8 Å². The lowest BCUT2D eigenvalue weighted by atomic mass is 9.86. The molecular weight excluding hydrogens is 454 g/mol. The average Bonchev–Trinajstić information content (AvgIpc) is 3.04. The van der Waals surface area contributed by atoms with Gasteiger partial charge in [-0.15, -0.1) is 6.58 Å². The summed E-state index contributed by atoms with van der Waals surface area (Å²) in [6, 6.07) is 9.39. The van der Waals surface area contributed by atoms with Gasteiger partial charge < -0.3 is 21.3 Å². The molecule has 0 spiro atoms. The minimum Gasteiger partial charge on any atom is -0.348 e. The Morgan fingerprint density at radius 3 is 2.58 bits per heavy atom. The van der Waals surface area contributed by atoms with Crippen LogP contribution in [0.2, 0.25) is 0 Å². The number of aromatic nitrogens is 3. The van der Waals surface area contributed by atoms with Crippen molar-refractivity contribution in [2.45, 2.75) is 45.4 Å². The van der Waals surface area contributed by atoms with Crippen LogP contribution in [-0.4, -0.2) is 33.3 Å². The zero-order valence-corrected chi connectivity index (χ0v) is 21.2. The second-order valence-corrected chi connectivity index (χ2v) is 10.2. The first-order valence-corrected chi connectivity index (χ1v) is 11.7. The first-order valence-electron chi connectivity index (χ1n) is 11.7. The summed E-state index contributed by atoms with van der Waals surface area (Å²) >= 11 is 0. The number of carbonyl (C=O) groups is 2. The maximum Gasteiger partial charge on any atom is 0.256 e. The number of carbonyl (C=O) groups excluding carboxylic acids is 2. The third-order valence-electron chi connectivity index (χ3n) is 6.00. The molecule has 0 aliphatic carbocycles. The maximum absolute atomic E-state index is 12.8. The Hall–Kier alpha value is -4.27. The number of hydrogen-bond acceptors (Lipinski definition) is 7. The fourth-order valence-electron chi connectivity index (χ4n) is 3.82. The summed E-state index contributed by atoms with van der Waals surface area (Å²) in [7, 11) is 0. The predicted octanol–water partition coefficient (Wildman–Crippen LogP) is 4.80. The Morgan fingerprint density at radius 1 is 1.11 bits per heavy atom. The van der Waals surface area contributed by atoms with Crippen LogP contribution in [0.3, 0.4) is 0 Å². The van der Waals surface area contributed by atoms with Crippen LogP contribution in [0, 0.1) is 0 Å². The van der Waals surface area contributed by atoms with Crippen molar-refractivity contribution in [2.24, 2.45) is 0 Å². The number of anilines is 5. The summed E-state index contributed by atoms with van der Waals surface area (Å²) in [5, 5.41) is 12.1. The monoisotopic (exact) mass is 485 g/mol. The Morgan fingerprint density at radius 2 is 1.86 bits per heavy atom. The van der Waals surface area contributed by atoms with E-state index < -0.39 is 5.41 Å². The van der Waals surface area contributed by atoms with Gasteiger partial charge in [0.25, 0.3) is 5.91 Å². The minimum atomic E-state index is -0.585. The molecule has 1 aliphatic heterocycles. The van der Waals surface area contributed by atoms with Gasteiger partial charge in [-0.1, -0.05) is 32.9 Å². The van der Waals surface area contributed by atoms with E-state index in [0.29, 0.717) is 29.6 Å². The molecule has 0 saturated carbocycles. The van der Waals surface area contributed by atoms with E-state index in [1.54, 1.807) is 12.3 Å². The van der Waals surface area contributed by atoms with Crippen molar-refractivity contribution in [3.63, 3.8) is 0 Å². The highest BCUT2D eigenvalue weighted by atomic mass is 16.2. The van der Waals surface area contributed by atoms with Crippen LogP contribution in [0.15, 0.2) is 55.4 Å². The number of rotatable bonds is 7. The fourth-order valence-corrected chi connectivity index (χ4v) is 3.82. The Kier molecular flexibility index (Phi) is 6.49. The molecule has 0 bridgehead atoms. The Labute approximate surface area is 210 Å². The van der Waals surface area contributed by atoms with Crippen molar-refractivity contribution < 1.29 is 9.59 Å². The van der Waals surface area contributed by atoms with Gasteiger partial charge in [0.05, 0.1) is 5.41 Å². The van der Waals surface area contributed by atoms with Crippen LogP contribution in [-0.2, 0) is 15.6 Å². The lowest BCUT2D eigenvalue weighted by molar-refractivity contribution is -0.119. The topological polar surface area (TPSA) is 121 Å². The lowest BCUT2D eigenvalue weighted by Gasteiger charge is -2.19. The molecule has 36 heavy (non-hydrogen) atoms. The summed E-state index contributed by atoms with van der Waals surface area (Å²) in [6.07, 6.45) is 4.80. The van der Waals surface area contributed by atoms with Gasteiger partial charge in [0.15, 0.2) is 0 Å². The van der Waals surface area contributed by atoms with Gasteiger partial charge in [-0.3, -0.25) is 14.6 Å². The highest BCUT2D eigenvalue weighted by Gasteiger charge is 2.38. The van der Waals surface area contributed by atoms with Crippen molar-refractivity contribution >= 4 is 40.6 Å². The summed E-state index contributed by atoms with van der Waals surface area (Å²) in [4.78, 5) is 38.5. The molecule has 9 heteroatoms. The van der Waals surface area contributed by atoms with Gasteiger partial charge in [0.2, 0.25) is 11.9 Å². The molecule has 4 N–H and O–H groups in total. The van der Waals surface area contributed by atoms with E-state index in [2.05, 4.69) is 63.6 Å². The number of nitrogens with one attached hydrogen (secondary N) is 4. The molecule has 2 aromatic heterocycles. The molecule has 0 radical (unpaired) electrons. The number of amides is 2. The maximum atomic E-state index is 12.8. The van der Waals surface area contributed by atoms with Crippen LogP contribution < -0.4 is 21.3 Å². The molecule has 186 valence electrons. The van der Waals surface area contributed by atoms with Gasteiger partial charge >= 0.3 is 0 Å². The van der Waals surface area contributed by atoms with Gasteiger partial charge in [0, 0.05) is 47.1 Å². The van der Waals surface area contributed by atoms with Crippen LogP contribution >= 0.6 is 0 Å². The molecule has 1 aromatic carbocycles. The normalized spacial score (nSPS) is 14.0. The van der Waals surface area contributed by atoms with Crippen molar-refractivity contribution in [3.05, 3.63) is 72.2 Å². The molecule has 0 saturated heterocycles. The smallest absolute Gasteiger partial charge is 0.256 e. The molecule has 0 fully saturated rings. The third kappa shape index (κ3) is 5.05. The van der Waals surface area contributed by atoms with E-state index in [-0.39, 0.29) is 17.2 Å². The highest BCUT2D eigenvalue weighted by Crippen LogP contribution is 2.39. The zero-order chi connectivity index (χ0) is 26.1. The Balaban J connectivity index is 1.66. The van der Waals surface area contributed by atoms with Crippen molar-refractivity contribution in [1.82, 2.24) is 20.3 Å². The second-order valence-electron chi connectivity index (χ2n) is 10.2. The molecule has 0 atom stereocenters. The third-order valence-corrected chi connectivity index (χ3v) is 6.00. The fraction of sp³-hybridized carbons (Fsp3) is 0.296. The Bertz CT molecular complexity index is 1340. The van der Waals surface area contributed by atoms with Crippen molar-refractivity contribution in [2.75, 3.05) is 22.5 Å². The quantitative estimate of drug-likeness (QED) is 0.355. The van der Waals surface area contributed by atoms with Crippen LogP contribution in [0.25, 0.3) is 0 Å². The first-order chi connectivity index (χ1) is 17.0. The molecule has 3 aromatic rings. The first kappa shape index (κ1) is 24.8. The number of fused-ring (bicyclic) bond motifs is 1. The van der Waals surface area contributed by atoms with Crippen LogP contribution in [0.5, 0.6) is 0 Å². The highest BCUT2D eigenvalue weighted by molar-refractivity contribution is 6.06. The van der Waals surface area contributed by atoms with Gasteiger partial charge in [0.1, 0.15) is 11.4 Å². The van der Waals surface area contributed by atoms with E-state index in [9.17, 15) is 9.59 Å². The SMILES string of the molecule is C=CCNC(=O)c1cnc(Nc2ccc3c(c2)NC(=O)C3(C)C)nc1Nc1ccnc(C(C)(C)C)c1. The summed E-state index contributed by atoms with van der Waals surface area (Å²) in [5.74, 6) is 0.276. The number of nitrogens with zero attached hydrogens (tertiary/aromatic N) is 3. The summed E-state index contributed by atoms with van der Waals surface area (Å²) in [5.41, 5.74) is 3.61. The average molecular weight is 486 g/mol. The molecule has 0 unspecified atom stereocenters. The molecule has 1 aliphatic rings. The van der Waals surface area contributed by atoms with E-state index >= 15 is 0 Å². The zero-order valence-electron chi connectivity index (χ0n) is 21.2. The minimum absolute atomic E-state index is 0.0424. The lowest BCUT2D eigenvalue weighted by Crippen LogP contribution is -2.26. The largest absolute Gasteiger partial charge is 0.348 e. The van der Waals surface area contributed by atoms with E-state index in [4.69, 9.17) is 0 Å².